The molecule has 0 aromatic heterocycles. The number of nitrogens with one attached hydrogen (secondary N) is 2. The average Bonchev–Trinajstić information content (AvgIpc) is 2.35. The highest BCUT2D eigenvalue weighted by atomic mass is 19.4. The summed E-state index contributed by atoms with van der Waals surface area (Å²) in [6, 6.07) is 3.14. The molecule has 0 unspecified atom stereocenters. The number of halogens is 3. The van der Waals surface area contributed by atoms with E-state index in [0.717, 1.165) is 12.1 Å². The van der Waals surface area contributed by atoms with E-state index in [1.807, 2.05) is 13.8 Å². The van der Waals surface area contributed by atoms with Crippen LogP contribution >= 0.6 is 0 Å². The fraction of sp³-hybridized carbons (Fsp3) is 0.462. The fourth-order valence-electron chi connectivity index (χ4n) is 1.50. The SMILES string of the molecule is CC(C)[C@@H](CO)NC(=O)Nc1ccc(C(F)(F)F)cc1. The normalized spacial score (nSPS) is 13.2. The van der Waals surface area contributed by atoms with Crippen LogP contribution in [0, 0.1) is 5.92 Å². The Labute approximate surface area is 115 Å². The van der Waals surface area contributed by atoms with Crippen LogP contribution in [0.1, 0.15) is 19.4 Å². The number of aliphatic hydroxyl groups is 1. The number of benzene rings is 1. The second-order valence-corrected chi connectivity index (χ2v) is 4.71. The van der Waals surface area contributed by atoms with E-state index in [9.17, 15) is 18.0 Å². The highest BCUT2D eigenvalue weighted by Crippen LogP contribution is 2.29. The van der Waals surface area contributed by atoms with E-state index in [0.29, 0.717) is 0 Å². The predicted octanol–water partition coefficient (Wildman–Crippen LogP) is 2.84. The molecule has 20 heavy (non-hydrogen) atoms. The summed E-state index contributed by atoms with van der Waals surface area (Å²) in [5, 5.41) is 14.0. The Morgan fingerprint density at radius 2 is 1.80 bits per heavy atom. The number of alkyl halides is 3. The van der Waals surface area contributed by atoms with Gasteiger partial charge in [-0.2, -0.15) is 13.2 Å². The molecule has 0 heterocycles. The Hall–Kier alpha value is -1.76. The van der Waals surface area contributed by atoms with E-state index in [-0.39, 0.29) is 18.2 Å². The monoisotopic (exact) mass is 290 g/mol. The van der Waals surface area contributed by atoms with Gasteiger partial charge in [-0.1, -0.05) is 13.8 Å². The molecule has 1 aromatic rings. The number of aliphatic hydroxyl groups excluding tert-OH is 1. The van der Waals surface area contributed by atoms with Gasteiger partial charge in [0.1, 0.15) is 0 Å². The van der Waals surface area contributed by atoms with Gasteiger partial charge in [0, 0.05) is 5.69 Å². The lowest BCUT2D eigenvalue weighted by atomic mass is 10.1. The van der Waals surface area contributed by atoms with Gasteiger partial charge in [-0.25, -0.2) is 4.79 Å². The first-order chi connectivity index (χ1) is 9.24. The molecule has 1 rings (SSSR count). The molecule has 0 fully saturated rings. The van der Waals surface area contributed by atoms with Crippen molar-refractivity contribution in [3.8, 4) is 0 Å². The third-order valence-corrected chi connectivity index (χ3v) is 2.79. The third kappa shape index (κ3) is 4.73. The molecule has 112 valence electrons. The number of urea groups is 1. The third-order valence-electron chi connectivity index (χ3n) is 2.79. The van der Waals surface area contributed by atoms with Crippen LogP contribution in [0.15, 0.2) is 24.3 Å². The molecule has 0 saturated heterocycles. The summed E-state index contributed by atoms with van der Waals surface area (Å²) in [6.07, 6.45) is -4.40. The molecule has 0 spiro atoms. The van der Waals surface area contributed by atoms with Crippen molar-refractivity contribution in [2.75, 3.05) is 11.9 Å². The molecule has 0 aliphatic rings. The van der Waals surface area contributed by atoms with Crippen molar-refractivity contribution in [2.24, 2.45) is 5.92 Å². The zero-order valence-corrected chi connectivity index (χ0v) is 11.2. The van der Waals surface area contributed by atoms with E-state index < -0.39 is 23.8 Å². The standard InChI is InChI=1S/C13H17F3N2O2/c1-8(2)11(7-19)18-12(20)17-10-5-3-9(4-6-10)13(14,15)16/h3-6,8,11,19H,7H2,1-2H3,(H2,17,18,20)/t11-/m1/s1. The summed E-state index contributed by atoms with van der Waals surface area (Å²) in [6.45, 7) is 3.46. The lowest BCUT2D eigenvalue weighted by molar-refractivity contribution is -0.137. The maximum atomic E-state index is 12.4. The maximum Gasteiger partial charge on any atom is 0.416 e. The van der Waals surface area contributed by atoms with Gasteiger partial charge in [0.25, 0.3) is 0 Å². The minimum Gasteiger partial charge on any atom is -0.394 e. The fourth-order valence-corrected chi connectivity index (χ4v) is 1.50. The molecule has 2 amide bonds. The highest BCUT2D eigenvalue weighted by molar-refractivity contribution is 5.89. The second-order valence-electron chi connectivity index (χ2n) is 4.71. The van der Waals surface area contributed by atoms with E-state index >= 15 is 0 Å². The van der Waals surface area contributed by atoms with Crippen LogP contribution in [-0.2, 0) is 6.18 Å². The maximum absolute atomic E-state index is 12.4. The van der Waals surface area contributed by atoms with Crippen molar-refractivity contribution in [2.45, 2.75) is 26.1 Å². The van der Waals surface area contributed by atoms with Crippen LogP contribution in [-0.4, -0.2) is 23.8 Å². The number of hydrogen-bond acceptors (Lipinski definition) is 2. The molecule has 0 saturated carbocycles. The molecule has 1 aromatic carbocycles. The Balaban J connectivity index is 2.63. The molecule has 3 N–H and O–H groups in total. The second kappa shape index (κ2) is 6.60. The molecule has 0 aliphatic heterocycles. The van der Waals surface area contributed by atoms with Gasteiger partial charge in [-0.05, 0) is 30.2 Å². The van der Waals surface area contributed by atoms with Crippen molar-refractivity contribution in [3.05, 3.63) is 29.8 Å². The average molecular weight is 290 g/mol. The van der Waals surface area contributed by atoms with Crippen molar-refractivity contribution in [1.29, 1.82) is 0 Å². The van der Waals surface area contributed by atoms with Gasteiger partial charge in [0.05, 0.1) is 18.2 Å². The quantitative estimate of drug-likeness (QED) is 0.798. The topological polar surface area (TPSA) is 61.4 Å². The number of hydrogen-bond donors (Lipinski definition) is 3. The highest BCUT2D eigenvalue weighted by Gasteiger charge is 2.30. The lowest BCUT2D eigenvalue weighted by Crippen LogP contribution is -2.43. The lowest BCUT2D eigenvalue weighted by Gasteiger charge is -2.20. The number of rotatable bonds is 4. The van der Waals surface area contributed by atoms with Crippen molar-refractivity contribution in [1.82, 2.24) is 5.32 Å². The number of carbonyl (C=O) groups excluding carboxylic acids is 1. The van der Waals surface area contributed by atoms with Crippen molar-refractivity contribution < 1.29 is 23.1 Å². The van der Waals surface area contributed by atoms with Gasteiger partial charge in [0.15, 0.2) is 0 Å². The summed E-state index contributed by atoms with van der Waals surface area (Å²) >= 11 is 0. The summed E-state index contributed by atoms with van der Waals surface area (Å²) in [4.78, 5) is 11.6. The predicted molar refractivity (Wildman–Crippen MR) is 69.3 cm³/mol. The van der Waals surface area contributed by atoms with Crippen LogP contribution in [0.25, 0.3) is 0 Å². The Morgan fingerprint density at radius 3 is 2.20 bits per heavy atom. The number of amides is 2. The smallest absolute Gasteiger partial charge is 0.394 e. The van der Waals surface area contributed by atoms with Crippen LogP contribution < -0.4 is 10.6 Å². The van der Waals surface area contributed by atoms with Gasteiger partial charge in [-0.15, -0.1) is 0 Å². The Bertz CT molecular complexity index is 444. The number of anilines is 1. The Kier molecular flexibility index (Phi) is 5.38. The van der Waals surface area contributed by atoms with Gasteiger partial charge in [0.2, 0.25) is 0 Å². The van der Waals surface area contributed by atoms with Gasteiger partial charge in [-0.3, -0.25) is 0 Å². The zero-order chi connectivity index (χ0) is 15.3. The first-order valence-corrected chi connectivity index (χ1v) is 6.09. The molecule has 0 bridgehead atoms. The molecule has 1 atom stereocenters. The van der Waals surface area contributed by atoms with Crippen LogP contribution in [0.3, 0.4) is 0 Å². The van der Waals surface area contributed by atoms with Crippen LogP contribution in [0.4, 0.5) is 23.7 Å². The molecule has 0 aliphatic carbocycles. The van der Waals surface area contributed by atoms with Crippen LogP contribution in [0.2, 0.25) is 0 Å². The van der Waals surface area contributed by atoms with E-state index in [1.54, 1.807) is 0 Å². The van der Waals surface area contributed by atoms with Crippen molar-refractivity contribution >= 4 is 11.7 Å². The largest absolute Gasteiger partial charge is 0.416 e. The molecular weight excluding hydrogens is 273 g/mol. The zero-order valence-electron chi connectivity index (χ0n) is 11.2. The Morgan fingerprint density at radius 1 is 1.25 bits per heavy atom. The first-order valence-electron chi connectivity index (χ1n) is 6.09. The molecule has 7 heteroatoms. The summed E-state index contributed by atoms with van der Waals surface area (Å²) in [5.41, 5.74) is -0.533. The molecular formula is C13H17F3N2O2. The summed E-state index contributed by atoms with van der Waals surface area (Å²) in [5.74, 6) is 0.0401. The minimum atomic E-state index is -4.40. The van der Waals surface area contributed by atoms with Gasteiger partial charge >= 0.3 is 12.2 Å². The van der Waals surface area contributed by atoms with Crippen molar-refractivity contribution in [3.63, 3.8) is 0 Å². The number of carbonyl (C=O) groups is 1. The first kappa shape index (κ1) is 16.3. The summed E-state index contributed by atoms with van der Waals surface area (Å²) in [7, 11) is 0. The van der Waals surface area contributed by atoms with Gasteiger partial charge < -0.3 is 15.7 Å². The van der Waals surface area contributed by atoms with E-state index in [4.69, 9.17) is 5.11 Å². The summed E-state index contributed by atoms with van der Waals surface area (Å²) < 4.78 is 37.1. The minimum absolute atomic E-state index is 0.0401. The molecule has 0 radical (unpaired) electrons. The van der Waals surface area contributed by atoms with Crippen LogP contribution in [0.5, 0.6) is 0 Å². The molecule has 4 nitrogen and oxygen atoms in total. The van der Waals surface area contributed by atoms with E-state index in [2.05, 4.69) is 10.6 Å². The van der Waals surface area contributed by atoms with E-state index in [1.165, 1.54) is 12.1 Å².